The minimum absolute atomic E-state index is 0.125. The largest absolute Gasteiger partial charge is 0.355 e. The molecule has 0 bridgehead atoms. The first-order valence-electron chi connectivity index (χ1n) is 7.71. The maximum Gasteiger partial charge on any atom is 0.223 e. The number of aryl methyl sites for hydroxylation is 1. The molecule has 2 fully saturated rings. The van der Waals surface area contributed by atoms with Gasteiger partial charge in [0.2, 0.25) is 5.91 Å². The Balaban J connectivity index is 1.37. The molecule has 2 atom stereocenters. The molecule has 3 rings (SSSR count). The van der Waals surface area contributed by atoms with Gasteiger partial charge >= 0.3 is 0 Å². The Kier molecular flexibility index (Phi) is 4.56. The molecular formula is C15H22N2O3S2. The lowest BCUT2D eigenvalue weighted by Crippen LogP contribution is -2.44. The van der Waals surface area contributed by atoms with Gasteiger partial charge in [-0.1, -0.05) is 0 Å². The van der Waals surface area contributed by atoms with Crippen molar-refractivity contribution in [2.45, 2.75) is 19.3 Å². The summed E-state index contributed by atoms with van der Waals surface area (Å²) in [5, 5.41) is 2.99. The van der Waals surface area contributed by atoms with Crippen LogP contribution in [-0.2, 0) is 14.6 Å². The van der Waals surface area contributed by atoms with E-state index in [1.807, 2.05) is 0 Å². The van der Waals surface area contributed by atoms with E-state index in [-0.39, 0.29) is 23.3 Å². The maximum atomic E-state index is 12.1. The molecule has 1 amide bonds. The molecule has 1 aliphatic carbocycles. The summed E-state index contributed by atoms with van der Waals surface area (Å²) >= 11 is 1.78. The molecule has 0 aromatic carbocycles. The van der Waals surface area contributed by atoms with Gasteiger partial charge in [0.1, 0.15) is 0 Å². The van der Waals surface area contributed by atoms with Crippen LogP contribution in [0.5, 0.6) is 0 Å². The van der Waals surface area contributed by atoms with Crippen molar-refractivity contribution in [2.75, 3.05) is 37.7 Å². The Bertz CT molecular complexity index is 639. The standard InChI is InChI=1S/C15H22N2O3S2/c1-11-2-3-14(21-11)12-10-13(12)15(18)16-4-5-17-6-8-22(19,20)9-7-17/h2-3,12-13H,4-10H2,1H3,(H,16,18)/t12-,13+/m1/s1. The van der Waals surface area contributed by atoms with E-state index in [1.54, 1.807) is 11.3 Å². The second-order valence-corrected chi connectivity index (χ2v) is 9.80. The molecule has 0 unspecified atom stereocenters. The Morgan fingerprint density at radius 2 is 2.09 bits per heavy atom. The van der Waals surface area contributed by atoms with Gasteiger partial charge in [-0.15, -0.1) is 11.3 Å². The van der Waals surface area contributed by atoms with Gasteiger partial charge in [0.25, 0.3) is 0 Å². The highest BCUT2D eigenvalue weighted by Crippen LogP contribution is 2.49. The molecule has 2 heterocycles. The smallest absolute Gasteiger partial charge is 0.223 e. The molecule has 1 N–H and O–H groups in total. The summed E-state index contributed by atoms with van der Waals surface area (Å²) in [7, 11) is -2.82. The van der Waals surface area contributed by atoms with Crippen LogP contribution in [0.1, 0.15) is 22.1 Å². The van der Waals surface area contributed by atoms with E-state index < -0.39 is 9.84 Å². The molecule has 22 heavy (non-hydrogen) atoms. The molecule has 5 nitrogen and oxygen atoms in total. The topological polar surface area (TPSA) is 66.5 Å². The fourth-order valence-electron chi connectivity index (χ4n) is 2.89. The number of carbonyl (C=O) groups excluding carboxylic acids is 1. The first-order valence-corrected chi connectivity index (χ1v) is 10.4. The third-order valence-corrected chi connectivity index (χ3v) is 7.16. The van der Waals surface area contributed by atoms with Crippen LogP contribution in [-0.4, -0.2) is 56.9 Å². The summed E-state index contributed by atoms with van der Waals surface area (Å²) in [6.07, 6.45) is 0.952. The number of thiophene rings is 1. The van der Waals surface area contributed by atoms with Crippen LogP contribution >= 0.6 is 11.3 Å². The fourth-order valence-corrected chi connectivity index (χ4v) is 5.23. The third kappa shape index (κ3) is 3.88. The molecule has 0 spiro atoms. The number of hydrogen-bond acceptors (Lipinski definition) is 5. The molecule has 1 aromatic heterocycles. The van der Waals surface area contributed by atoms with Crippen LogP contribution in [0.4, 0.5) is 0 Å². The van der Waals surface area contributed by atoms with E-state index in [0.29, 0.717) is 25.6 Å². The molecule has 1 aliphatic heterocycles. The molecule has 0 radical (unpaired) electrons. The van der Waals surface area contributed by atoms with E-state index in [2.05, 4.69) is 29.3 Å². The van der Waals surface area contributed by atoms with Crippen LogP contribution in [0.15, 0.2) is 12.1 Å². The molecular weight excluding hydrogens is 320 g/mol. The molecule has 2 aliphatic rings. The van der Waals surface area contributed by atoms with Gasteiger partial charge < -0.3 is 5.32 Å². The van der Waals surface area contributed by atoms with Gasteiger partial charge in [-0.25, -0.2) is 8.42 Å². The zero-order valence-corrected chi connectivity index (χ0v) is 14.4. The highest BCUT2D eigenvalue weighted by Gasteiger charge is 2.44. The van der Waals surface area contributed by atoms with Crippen LogP contribution in [0.25, 0.3) is 0 Å². The molecule has 1 saturated heterocycles. The minimum atomic E-state index is -2.82. The van der Waals surface area contributed by atoms with E-state index in [4.69, 9.17) is 0 Å². The summed E-state index contributed by atoms with van der Waals surface area (Å²) in [6, 6.07) is 4.24. The number of rotatable bonds is 5. The highest BCUT2D eigenvalue weighted by molar-refractivity contribution is 7.91. The van der Waals surface area contributed by atoms with Gasteiger partial charge in [0.05, 0.1) is 11.5 Å². The van der Waals surface area contributed by atoms with Crippen LogP contribution < -0.4 is 5.32 Å². The third-order valence-electron chi connectivity index (χ3n) is 4.42. The quantitative estimate of drug-likeness (QED) is 0.867. The minimum Gasteiger partial charge on any atom is -0.355 e. The lowest BCUT2D eigenvalue weighted by molar-refractivity contribution is -0.122. The average Bonchev–Trinajstić information content (AvgIpc) is 3.16. The predicted molar refractivity (Wildman–Crippen MR) is 88.0 cm³/mol. The molecule has 122 valence electrons. The lowest BCUT2D eigenvalue weighted by atomic mass is 10.2. The molecule has 7 heteroatoms. The van der Waals surface area contributed by atoms with Gasteiger partial charge in [-0.3, -0.25) is 9.69 Å². The van der Waals surface area contributed by atoms with E-state index in [1.165, 1.54) is 9.75 Å². The summed E-state index contributed by atoms with van der Waals surface area (Å²) in [4.78, 5) is 16.8. The van der Waals surface area contributed by atoms with Gasteiger partial charge in [0.15, 0.2) is 9.84 Å². The van der Waals surface area contributed by atoms with Crippen molar-refractivity contribution in [3.8, 4) is 0 Å². The van der Waals surface area contributed by atoms with E-state index in [0.717, 1.165) is 13.0 Å². The lowest BCUT2D eigenvalue weighted by Gasteiger charge is -2.26. The first-order chi connectivity index (χ1) is 10.4. The number of amides is 1. The van der Waals surface area contributed by atoms with E-state index >= 15 is 0 Å². The molecule has 1 aromatic rings. The normalized spacial score (nSPS) is 27.5. The SMILES string of the molecule is Cc1ccc([C@@H]2C[C@@H]2C(=O)NCCN2CCS(=O)(=O)CC2)s1. The van der Waals surface area contributed by atoms with Crippen molar-refractivity contribution in [1.29, 1.82) is 0 Å². The fraction of sp³-hybridized carbons (Fsp3) is 0.667. The summed E-state index contributed by atoms with van der Waals surface area (Å²) in [6.45, 7) is 4.59. The van der Waals surface area contributed by atoms with Crippen LogP contribution in [0, 0.1) is 12.8 Å². The Morgan fingerprint density at radius 3 is 2.73 bits per heavy atom. The second kappa shape index (κ2) is 6.29. The predicted octanol–water partition coefficient (Wildman–Crippen LogP) is 1.01. The van der Waals surface area contributed by atoms with Crippen LogP contribution in [0.2, 0.25) is 0 Å². The summed E-state index contributed by atoms with van der Waals surface area (Å²) in [5.41, 5.74) is 0. The number of sulfone groups is 1. The first kappa shape index (κ1) is 16.0. The number of hydrogen-bond donors (Lipinski definition) is 1. The van der Waals surface area contributed by atoms with Crippen LogP contribution in [0.3, 0.4) is 0 Å². The second-order valence-electron chi connectivity index (χ2n) is 6.18. The van der Waals surface area contributed by atoms with Gasteiger partial charge in [-0.05, 0) is 25.5 Å². The van der Waals surface area contributed by atoms with Gasteiger partial charge in [-0.2, -0.15) is 0 Å². The Labute approximate surface area is 135 Å². The highest BCUT2D eigenvalue weighted by atomic mass is 32.2. The average molecular weight is 342 g/mol. The van der Waals surface area contributed by atoms with Crippen molar-refractivity contribution >= 4 is 27.1 Å². The van der Waals surface area contributed by atoms with Crippen molar-refractivity contribution < 1.29 is 13.2 Å². The van der Waals surface area contributed by atoms with E-state index in [9.17, 15) is 13.2 Å². The Hall–Kier alpha value is -0.920. The monoisotopic (exact) mass is 342 g/mol. The summed E-state index contributed by atoms with van der Waals surface area (Å²) in [5.74, 6) is 1.14. The number of carbonyl (C=O) groups is 1. The Morgan fingerprint density at radius 1 is 1.36 bits per heavy atom. The zero-order chi connectivity index (χ0) is 15.7. The van der Waals surface area contributed by atoms with Gasteiger partial charge in [0, 0.05) is 47.8 Å². The number of nitrogens with one attached hydrogen (secondary N) is 1. The van der Waals surface area contributed by atoms with Crippen molar-refractivity contribution in [3.05, 3.63) is 21.9 Å². The molecule has 1 saturated carbocycles. The van der Waals surface area contributed by atoms with Crippen molar-refractivity contribution in [2.24, 2.45) is 5.92 Å². The summed E-state index contributed by atoms with van der Waals surface area (Å²) < 4.78 is 22.7. The number of nitrogens with zero attached hydrogens (tertiary/aromatic N) is 1. The zero-order valence-electron chi connectivity index (χ0n) is 12.7. The van der Waals surface area contributed by atoms with Crippen molar-refractivity contribution in [3.63, 3.8) is 0 Å². The van der Waals surface area contributed by atoms with Crippen molar-refractivity contribution in [1.82, 2.24) is 10.2 Å². The maximum absolute atomic E-state index is 12.1.